The van der Waals surface area contributed by atoms with Gasteiger partial charge in [-0.2, -0.15) is 0 Å². The quantitative estimate of drug-likeness (QED) is 0.297. The molecule has 2 aromatic carbocycles. The summed E-state index contributed by atoms with van der Waals surface area (Å²) >= 11 is 5.75. The van der Waals surface area contributed by atoms with E-state index in [2.05, 4.69) is 4.99 Å². The lowest BCUT2D eigenvalue weighted by Crippen LogP contribution is -2.21. The van der Waals surface area contributed by atoms with E-state index in [1.165, 1.54) is 0 Å². The molecule has 0 fully saturated rings. The molecule has 0 spiro atoms. The molecule has 0 heterocycles. The number of nitro benzene ring substituents is 3. The number of nitrogens with two attached hydrogens (primary N) is 2. The van der Waals surface area contributed by atoms with E-state index < -0.39 is 37.6 Å². The molecule has 0 radical (unpaired) electrons. The van der Waals surface area contributed by atoms with Crippen molar-refractivity contribution in [2.24, 2.45) is 16.5 Å². The van der Waals surface area contributed by atoms with Gasteiger partial charge in [0.2, 0.25) is 0 Å². The first-order valence-electron chi connectivity index (χ1n) is 6.69. The van der Waals surface area contributed by atoms with Gasteiger partial charge in [-0.05, 0) is 12.1 Å². The Bertz CT molecular complexity index is 894. The molecule has 0 atom stereocenters. The van der Waals surface area contributed by atoms with Crippen LogP contribution in [-0.4, -0.2) is 25.8 Å². The number of halogens is 1. The van der Waals surface area contributed by atoms with Crippen LogP contribution in [0.1, 0.15) is 0 Å². The van der Waals surface area contributed by atoms with Gasteiger partial charge in [-0.1, -0.05) is 23.7 Å². The molecule has 0 aliphatic heterocycles. The van der Waals surface area contributed by atoms with Crippen LogP contribution in [0.4, 0.5) is 22.7 Å². The minimum absolute atomic E-state index is 0.0121. The summed E-state index contributed by atoms with van der Waals surface area (Å²) in [6, 6.07) is 7.98. The smallest absolute Gasteiger partial charge is 0.324 e. The first kappa shape index (κ1) is 21.0. The molecule has 0 aliphatic carbocycles. The molecule has 27 heavy (non-hydrogen) atoms. The summed E-state index contributed by atoms with van der Waals surface area (Å²) in [6.45, 7) is 0. The minimum Gasteiger partial charge on any atom is -0.497 e. The Morgan fingerprint density at radius 3 is 1.81 bits per heavy atom. The summed E-state index contributed by atoms with van der Waals surface area (Å²) in [7, 11) is 0. The Kier molecular flexibility index (Phi) is 6.94. The third-order valence-electron chi connectivity index (χ3n) is 2.76. The Hall–Kier alpha value is -4.00. The minimum atomic E-state index is -1.21. The van der Waals surface area contributed by atoms with Gasteiger partial charge < -0.3 is 16.6 Å². The molecule has 2 rings (SSSR count). The maximum atomic E-state index is 10.4. The van der Waals surface area contributed by atoms with Crippen molar-refractivity contribution in [3.05, 3.63) is 71.8 Å². The van der Waals surface area contributed by atoms with E-state index >= 15 is 0 Å². The molecule has 14 heteroatoms. The highest BCUT2D eigenvalue weighted by atomic mass is 35.5. The zero-order chi connectivity index (χ0) is 20.7. The average molecular weight is 399 g/mol. The van der Waals surface area contributed by atoms with E-state index in [1.54, 1.807) is 12.1 Å². The normalized spacial score (nSPS) is 9.52. The van der Waals surface area contributed by atoms with Gasteiger partial charge in [0, 0.05) is 0 Å². The molecule has 142 valence electrons. The lowest BCUT2D eigenvalue weighted by Gasteiger charge is -1.97. The average Bonchev–Trinajstić information content (AvgIpc) is 2.56. The fraction of sp³-hybridized carbons (Fsp3) is 0. The fourth-order valence-electron chi connectivity index (χ4n) is 1.65. The molecule has 0 aromatic heterocycles. The summed E-state index contributed by atoms with van der Waals surface area (Å²) in [5.41, 5.74) is 7.91. The monoisotopic (exact) mass is 398 g/mol. The first-order valence-corrected chi connectivity index (χ1v) is 7.06. The van der Waals surface area contributed by atoms with Crippen molar-refractivity contribution in [1.82, 2.24) is 0 Å². The summed E-state index contributed by atoms with van der Waals surface area (Å²) < 4.78 is 0. The lowest BCUT2D eigenvalue weighted by molar-refractivity contribution is -0.404. The molecule has 2 aromatic rings. The van der Waals surface area contributed by atoms with Gasteiger partial charge in [0.1, 0.15) is 0 Å². The molecule has 5 N–H and O–H groups in total. The molecule has 13 nitrogen and oxygen atoms in total. The Balaban J connectivity index is 0.000000289. The number of phenols is 1. The van der Waals surface area contributed by atoms with E-state index in [0.29, 0.717) is 22.8 Å². The predicted octanol–water partition coefficient (Wildman–Crippen LogP) is 2.36. The van der Waals surface area contributed by atoms with Crippen molar-refractivity contribution in [1.29, 1.82) is 0 Å². The Morgan fingerprint density at radius 1 is 0.963 bits per heavy atom. The SMILES string of the molecule is NC(N)=Nc1ccccc1Cl.O=[N+]([O-])c1cc([N+](=O)[O-])c(O)c([N+](=O)[O-])c1. The lowest BCUT2D eigenvalue weighted by atomic mass is 10.2. The zero-order valence-corrected chi connectivity index (χ0v) is 13.9. The van der Waals surface area contributed by atoms with Gasteiger partial charge in [-0.25, -0.2) is 4.99 Å². The van der Waals surface area contributed by atoms with Crippen molar-refractivity contribution in [3.63, 3.8) is 0 Å². The Labute approximate surface area is 154 Å². The summed E-state index contributed by atoms with van der Waals surface area (Å²) in [4.78, 5) is 31.6. The van der Waals surface area contributed by atoms with Crippen LogP contribution >= 0.6 is 11.6 Å². The van der Waals surface area contributed by atoms with Crippen LogP contribution in [0, 0.1) is 30.3 Å². The van der Waals surface area contributed by atoms with Crippen LogP contribution in [0.15, 0.2) is 41.4 Å². The molecule has 0 bridgehead atoms. The maximum Gasteiger partial charge on any atom is 0.324 e. The second kappa shape index (κ2) is 8.91. The number of hydrogen-bond donors (Lipinski definition) is 3. The van der Waals surface area contributed by atoms with Crippen molar-refractivity contribution in [2.45, 2.75) is 0 Å². The number of para-hydroxylation sites is 1. The van der Waals surface area contributed by atoms with Gasteiger partial charge in [-0.15, -0.1) is 0 Å². The van der Waals surface area contributed by atoms with Gasteiger partial charge in [0.05, 0.1) is 37.6 Å². The maximum absolute atomic E-state index is 10.4. The fourth-order valence-corrected chi connectivity index (χ4v) is 1.83. The van der Waals surface area contributed by atoms with Crippen LogP contribution in [0.25, 0.3) is 0 Å². The Morgan fingerprint density at radius 2 is 1.44 bits per heavy atom. The molecular formula is C13H11ClN6O7. The number of hydrogen-bond acceptors (Lipinski definition) is 8. The van der Waals surface area contributed by atoms with Gasteiger partial charge in [0.15, 0.2) is 5.96 Å². The molecule has 0 unspecified atom stereocenters. The largest absolute Gasteiger partial charge is 0.497 e. The van der Waals surface area contributed by atoms with Crippen LogP contribution in [0.3, 0.4) is 0 Å². The van der Waals surface area contributed by atoms with E-state index in [1.807, 2.05) is 12.1 Å². The number of aliphatic imine (C=N–C) groups is 1. The topological polar surface area (TPSA) is 214 Å². The number of aromatic hydroxyl groups is 1. The highest BCUT2D eigenvalue weighted by Crippen LogP contribution is 2.38. The van der Waals surface area contributed by atoms with E-state index in [0.717, 1.165) is 0 Å². The van der Waals surface area contributed by atoms with Crippen molar-refractivity contribution in [2.75, 3.05) is 0 Å². The summed E-state index contributed by atoms with van der Waals surface area (Å²) in [5.74, 6) is -1.20. The van der Waals surface area contributed by atoms with Crippen LogP contribution in [0.5, 0.6) is 5.75 Å². The van der Waals surface area contributed by atoms with E-state index in [9.17, 15) is 30.3 Å². The van der Waals surface area contributed by atoms with Crippen molar-refractivity contribution in [3.8, 4) is 5.75 Å². The number of rotatable bonds is 4. The highest BCUT2D eigenvalue weighted by Gasteiger charge is 2.30. The standard InChI is InChI=1S/C7H8ClN3.C6H3N3O7/c8-5-3-1-2-4-6(5)11-7(9)10;10-6-4(8(13)14)1-3(7(11)12)2-5(6)9(15)16/h1-4H,(H4,9,10,11);1-2,10H. The number of phenolic OH excluding ortho intramolecular Hbond substituents is 1. The third-order valence-corrected chi connectivity index (χ3v) is 3.08. The van der Waals surface area contributed by atoms with E-state index in [4.69, 9.17) is 28.2 Å². The zero-order valence-electron chi connectivity index (χ0n) is 13.2. The van der Waals surface area contributed by atoms with Crippen LogP contribution < -0.4 is 11.5 Å². The highest BCUT2D eigenvalue weighted by molar-refractivity contribution is 6.33. The molecule has 0 saturated carbocycles. The van der Waals surface area contributed by atoms with Gasteiger partial charge >= 0.3 is 11.4 Å². The van der Waals surface area contributed by atoms with E-state index in [-0.39, 0.29) is 5.96 Å². The molecular weight excluding hydrogens is 388 g/mol. The number of benzene rings is 2. The molecule has 0 saturated heterocycles. The van der Waals surface area contributed by atoms with Gasteiger partial charge in [0.25, 0.3) is 11.4 Å². The van der Waals surface area contributed by atoms with Crippen LogP contribution in [0.2, 0.25) is 5.02 Å². The molecule has 0 amide bonds. The third kappa shape index (κ3) is 5.79. The molecule has 0 aliphatic rings. The second-order valence-electron chi connectivity index (χ2n) is 4.59. The van der Waals surface area contributed by atoms with Crippen molar-refractivity contribution >= 4 is 40.3 Å². The predicted molar refractivity (Wildman–Crippen MR) is 95.0 cm³/mol. The summed E-state index contributed by atoms with van der Waals surface area (Å²) in [5, 5.41) is 40.8. The van der Waals surface area contributed by atoms with Crippen LogP contribution in [-0.2, 0) is 0 Å². The number of non-ortho nitro benzene ring substituents is 1. The second-order valence-corrected chi connectivity index (χ2v) is 5.00. The number of nitrogens with zero attached hydrogens (tertiary/aromatic N) is 4. The number of guanidine groups is 1. The first-order chi connectivity index (χ1) is 12.5. The van der Waals surface area contributed by atoms with Gasteiger partial charge in [-0.3, -0.25) is 30.3 Å². The number of nitro groups is 3. The summed E-state index contributed by atoms with van der Waals surface area (Å²) in [6.07, 6.45) is 0. The van der Waals surface area contributed by atoms with Crippen molar-refractivity contribution < 1.29 is 19.9 Å².